The van der Waals surface area contributed by atoms with E-state index in [1.54, 1.807) is 6.07 Å². The van der Waals surface area contributed by atoms with Crippen molar-refractivity contribution in [2.75, 3.05) is 11.9 Å². The molecule has 0 fully saturated rings. The number of nitrogens with one attached hydrogen (secondary N) is 2. The highest BCUT2D eigenvalue weighted by atomic mass is 16.5. The third kappa shape index (κ3) is 3.95. The van der Waals surface area contributed by atoms with E-state index >= 15 is 0 Å². The Morgan fingerprint density at radius 1 is 1.21 bits per heavy atom. The lowest BCUT2D eigenvalue weighted by Crippen LogP contribution is -2.14. The SMILES string of the molecule is CCOc1ccc(CC(=O)Nc2cccc(-c3nn[nH]n3)c2)cc1. The smallest absolute Gasteiger partial charge is 0.228 e. The summed E-state index contributed by atoms with van der Waals surface area (Å²) in [6.07, 6.45) is 0.291. The van der Waals surface area contributed by atoms with Crippen LogP contribution in [0.1, 0.15) is 12.5 Å². The normalized spacial score (nSPS) is 10.4. The Morgan fingerprint density at radius 3 is 2.75 bits per heavy atom. The van der Waals surface area contributed by atoms with E-state index in [9.17, 15) is 4.79 Å². The van der Waals surface area contributed by atoms with Gasteiger partial charge >= 0.3 is 0 Å². The number of tetrazole rings is 1. The summed E-state index contributed by atoms with van der Waals surface area (Å²) in [6.45, 7) is 2.56. The summed E-state index contributed by atoms with van der Waals surface area (Å²) in [6, 6.07) is 14.8. The molecule has 0 saturated carbocycles. The molecule has 3 rings (SSSR count). The molecule has 1 heterocycles. The number of ether oxygens (including phenoxy) is 1. The summed E-state index contributed by atoms with van der Waals surface area (Å²) in [5.41, 5.74) is 2.39. The molecule has 0 aliphatic rings. The van der Waals surface area contributed by atoms with Gasteiger partial charge in [-0.15, -0.1) is 10.2 Å². The molecule has 0 unspecified atom stereocenters. The van der Waals surface area contributed by atoms with Crippen molar-refractivity contribution in [1.82, 2.24) is 20.6 Å². The molecule has 122 valence electrons. The number of carbonyl (C=O) groups is 1. The third-order valence-corrected chi connectivity index (χ3v) is 3.35. The molecule has 2 N–H and O–H groups in total. The van der Waals surface area contributed by atoms with Crippen molar-refractivity contribution >= 4 is 11.6 Å². The van der Waals surface area contributed by atoms with Crippen LogP contribution in [0, 0.1) is 0 Å². The minimum Gasteiger partial charge on any atom is -0.494 e. The van der Waals surface area contributed by atoms with E-state index in [-0.39, 0.29) is 5.91 Å². The van der Waals surface area contributed by atoms with Crippen LogP contribution in [0.25, 0.3) is 11.4 Å². The summed E-state index contributed by atoms with van der Waals surface area (Å²) < 4.78 is 5.39. The Labute approximate surface area is 139 Å². The topological polar surface area (TPSA) is 92.8 Å². The molecule has 0 atom stereocenters. The van der Waals surface area contributed by atoms with Crippen molar-refractivity contribution < 1.29 is 9.53 Å². The van der Waals surface area contributed by atoms with E-state index in [2.05, 4.69) is 25.9 Å². The van der Waals surface area contributed by atoms with Gasteiger partial charge in [-0.3, -0.25) is 4.79 Å². The second-order valence-electron chi connectivity index (χ2n) is 5.12. The second kappa shape index (κ2) is 7.36. The minimum atomic E-state index is -0.0931. The number of hydrogen-bond donors (Lipinski definition) is 2. The zero-order valence-electron chi connectivity index (χ0n) is 13.2. The van der Waals surface area contributed by atoms with Gasteiger partial charge in [0, 0.05) is 11.3 Å². The average molecular weight is 323 g/mol. The lowest BCUT2D eigenvalue weighted by molar-refractivity contribution is -0.115. The molecule has 2 aromatic carbocycles. The zero-order valence-corrected chi connectivity index (χ0v) is 13.2. The first kappa shape index (κ1) is 15.7. The van der Waals surface area contributed by atoms with Crippen molar-refractivity contribution in [3.63, 3.8) is 0 Å². The van der Waals surface area contributed by atoms with Crippen molar-refractivity contribution in [2.45, 2.75) is 13.3 Å². The fourth-order valence-corrected chi connectivity index (χ4v) is 2.28. The van der Waals surface area contributed by atoms with Gasteiger partial charge in [-0.25, -0.2) is 0 Å². The van der Waals surface area contributed by atoms with E-state index in [1.165, 1.54) is 0 Å². The van der Waals surface area contributed by atoms with Crippen LogP contribution in [0.4, 0.5) is 5.69 Å². The van der Waals surface area contributed by atoms with Crippen LogP contribution in [0.15, 0.2) is 48.5 Å². The van der Waals surface area contributed by atoms with E-state index in [0.29, 0.717) is 24.5 Å². The van der Waals surface area contributed by atoms with Gasteiger partial charge in [-0.2, -0.15) is 5.21 Å². The molecule has 0 bridgehead atoms. The first-order chi connectivity index (χ1) is 11.7. The van der Waals surface area contributed by atoms with Crippen LogP contribution >= 0.6 is 0 Å². The number of nitrogens with zero attached hydrogens (tertiary/aromatic N) is 3. The van der Waals surface area contributed by atoms with Crippen molar-refractivity contribution in [3.05, 3.63) is 54.1 Å². The molecule has 7 heteroatoms. The molecular formula is C17H17N5O2. The number of aromatic amines is 1. The fraction of sp³-hybridized carbons (Fsp3) is 0.176. The molecule has 0 radical (unpaired) electrons. The van der Waals surface area contributed by atoms with Gasteiger partial charge in [0.1, 0.15) is 5.75 Å². The number of carbonyl (C=O) groups excluding carboxylic acids is 1. The maximum atomic E-state index is 12.2. The van der Waals surface area contributed by atoms with Gasteiger partial charge in [0.25, 0.3) is 0 Å². The summed E-state index contributed by atoms with van der Waals surface area (Å²) >= 11 is 0. The lowest BCUT2D eigenvalue weighted by atomic mass is 10.1. The summed E-state index contributed by atoms with van der Waals surface area (Å²) in [4.78, 5) is 12.2. The fourth-order valence-electron chi connectivity index (χ4n) is 2.28. The van der Waals surface area contributed by atoms with Gasteiger partial charge in [-0.1, -0.05) is 24.3 Å². The van der Waals surface area contributed by atoms with Crippen molar-refractivity contribution in [2.24, 2.45) is 0 Å². The molecular weight excluding hydrogens is 306 g/mol. The first-order valence-electron chi connectivity index (χ1n) is 7.60. The quantitative estimate of drug-likeness (QED) is 0.727. The highest BCUT2D eigenvalue weighted by Crippen LogP contribution is 2.19. The number of benzene rings is 2. The predicted octanol–water partition coefficient (Wildman–Crippen LogP) is 2.45. The number of anilines is 1. The van der Waals surface area contributed by atoms with Gasteiger partial charge in [0.05, 0.1) is 13.0 Å². The largest absolute Gasteiger partial charge is 0.494 e. The number of amides is 1. The van der Waals surface area contributed by atoms with Crippen LogP contribution in [0.5, 0.6) is 5.75 Å². The number of aromatic nitrogens is 4. The maximum absolute atomic E-state index is 12.2. The molecule has 3 aromatic rings. The monoisotopic (exact) mass is 323 g/mol. The van der Waals surface area contributed by atoms with Crippen molar-refractivity contribution in [3.8, 4) is 17.1 Å². The molecule has 0 saturated heterocycles. The Hall–Kier alpha value is -3.22. The summed E-state index contributed by atoms with van der Waals surface area (Å²) in [5.74, 6) is 1.19. The molecule has 1 aromatic heterocycles. The van der Waals surface area contributed by atoms with Gasteiger partial charge < -0.3 is 10.1 Å². The summed E-state index contributed by atoms with van der Waals surface area (Å²) in [7, 11) is 0. The minimum absolute atomic E-state index is 0.0931. The standard InChI is InChI=1S/C17H17N5O2/c1-2-24-15-8-6-12(7-9-15)10-16(23)18-14-5-3-4-13(11-14)17-19-21-22-20-17/h3-9,11H,2,10H2,1H3,(H,18,23)(H,19,20,21,22). The van der Waals surface area contributed by atoms with Gasteiger partial charge in [0.15, 0.2) is 0 Å². The van der Waals surface area contributed by atoms with E-state index < -0.39 is 0 Å². The van der Waals surface area contributed by atoms with Crippen LogP contribution in [0.2, 0.25) is 0 Å². The lowest BCUT2D eigenvalue weighted by Gasteiger charge is -2.07. The van der Waals surface area contributed by atoms with Crippen LogP contribution in [0.3, 0.4) is 0 Å². The highest BCUT2D eigenvalue weighted by Gasteiger charge is 2.07. The molecule has 24 heavy (non-hydrogen) atoms. The highest BCUT2D eigenvalue weighted by molar-refractivity contribution is 5.92. The molecule has 1 amide bonds. The Bertz CT molecular complexity index is 800. The molecule has 7 nitrogen and oxygen atoms in total. The Balaban J connectivity index is 1.63. The zero-order chi connectivity index (χ0) is 16.8. The second-order valence-corrected chi connectivity index (χ2v) is 5.12. The number of hydrogen-bond acceptors (Lipinski definition) is 5. The van der Waals surface area contributed by atoms with Crippen LogP contribution in [-0.4, -0.2) is 33.1 Å². The average Bonchev–Trinajstić information content (AvgIpc) is 3.12. The van der Waals surface area contributed by atoms with Crippen LogP contribution in [-0.2, 0) is 11.2 Å². The maximum Gasteiger partial charge on any atom is 0.228 e. The number of H-pyrrole nitrogens is 1. The Kier molecular flexibility index (Phi) is 4.81. The third-order valence-electron chi connectivity index (χ3n) is 3.35. The summed E-state index contributed by atoms with van der Waals surface area (Å²) in [5, 5.41) is 16.7. The van der Waals surface area contributed by atoms with E-state index in [1.807, 2.05) is 49.4 Å². The molecule has 0 aliphatic carbocycles. The molecule has 0 aliphatic heterocycles. The van der Waals surface area contributed by atoms with Gasteiger partial charge in [0.2, 0.25) is 11.7 Å². The van der Waals surface area contributed by atoms with E-state index in [0.717, 1.165) is 16.9 Å². The van der Waals surface area contributed by atoms with Crippen molar-refractivity contribution in [1.29, 1.82) is 0 Å². The number of rotatable bonds is 6. The predicted molar refractivity (Wildman–Crippen MR) is 89.6 cm³/mol. The van der Waals surface area contributed by atoms with Gasteiger partial charge in [-0.05, 0) is 42.0 Å². The van der Waals surface area contributed by atoms with E-state index in [4.69, 9.17) is 4.74 Å². The Morgan fingerprint density at radius 2 is 2.04 bits per heavy atom. The first-order valence-corrected chi connectivity index (χ1v) is 7.60. The molecule has 0 spiro atoms. The van der Waals surface area contributed by atoms with Crippen LogP contribution < -0.4 is 10.1 Å².